The van der Waals surface area contributed by atoms with Crippen molar-refractivity contribution < 1.29 is 19.4 Å². The minimum absolute atomic E-state index is 0.163. The number of carboxylic acids is 1. The molecule has 1 aromatic rings. The number of likely N-dealkylation sites (tertiary alicyclic amines) is 1. The number of amides is 1. The van der Waals surface area contributed by atoms with Crippen LogP contribution in [0.2, 0.25) is 0 Å². The van der Waals surface area contributed by atoms with E-state index < -0.39 is 18.1 Å². The molecule has 5 heteroatoms. The minimum atomic E-state index is -0.956. The van der Waals surface area contributed by atoms with E-state index in [0.717, 1.165) is 12.0 Å². The number of nitrogens with zero attached hydrogens (tertiary/aromatic N) is 1. The largest absolute Gasteiger partial charge is 0.480 e. The Morgan fingerprint density at radius 1 is 1.32 bits per heavy atom. The van der Waals surface area contributed by atoms with Crippen molar-refractivity contribution in [1.82, 2.24) is 4.90 Å². The maximum Gasteiger partial charge on any atom is 0.410 e. The molecule has 5 nitrogen and oxygen atoms in total. The van der Waals surface area contributed by atoms with Crippen molar-refractivity contribution in [3.05, 3.63) is 35.9 Å². The number of piperidine rings is 1. The highest BCUT2D eigenvalue weighted by molar-refractivity contribution is 5.80. The van der Waals surface area contributed by atoms with Crippen LogP contribution in [0.1, 0.15) is 32.3 Å². The van der Waals surface area contributed by atoms with E-state index in [0.29, 0.717) is 24.8 Å². The molecular weight excluding hydrogens is 282 g/mol. The van der Waals surface area contributed by atoms with Gasteiger partial charge in [-0.3, -0.25) is 4.90 Å². The number of aliphatic carboxylic acids is 1. The van der Waals surface area contributed by atoms with E-state index in [1.54, 1.807) is 0 Å². The number of hydrogen-bond donors (Lipinski definition) is 1. The fraction of sp³-hybridized carbons (Fsp3) is 0.529. The van der Waals surface area contributed by atoms with Crippen molar-refractivity contribution in [3.8, 4) is 0 Å². The summed E-state index contributed by atoms with van der Waals surface area (Å²) in [4.78, 5) is 25.0. The highest BCUT2D eigenvalue weighted by Gasteiger charge is 2.37. The van der Waals surface area contributed by atoms with Gasteiger partial charge in [-0.2, -0.15) is 0 Å². The summed E-state index contributed by atoms with van der Waals surface area (Å²) in [5, 5.41) is 9.39. The summed E-state index contributed by atoms with van der Waals surface area (Å²) >= 11 is 0. The Morgan fingerprint density at radius 2 is 2.00 bits per heavy atom. The van der Waals surface area contributed by atoms with Gasteiger partial charge in [-0.05, 0) is 30.2 Å². The molecule has 0 bridgehead atoms. The van der Waals surface area contributed by atoms with Crippen LogP contribution in [0.25, 0.3) is 0 Å². The van der Waals surface area contributed by atoms with Crippen LogP contribution >= 0.6 is 0 Å². The third-order valence-electron chi connectivity index (χ3n) is 4.31. The quantitative estimate of drug-likeness (QED) is 0.928. The molecule has 1 saturated heterocycles. The van der Waals surface area contributed by atoms with Gasteiger partial charge in [-0.1, -0.05) is 44.2 Å². The highest BCUT2D eigenvalue weighted by atomic mass is 16.6. The Balaban J connectivity index is 1.97. The number of carbonyl (C=O) groups is 2. The smallest absolute Gasteiger partial charge is 0.410 e. The van der Waals surface area contributed by atoms with Gasteiger partial charge in [-0.25, -0.2) is 9.59 Å². The molecule has 1 aromatic carbocycles. The summed E-state index contributed by atoms with van der Waals surface area (Å²) in [6.45, 7) is 4.78. The molecule has 1 fully saturated rings. The lowest BCUT2D eigenvalue weighted by atomic mass is 9.83. The Labute approximate surface area is 130 Å². The number of carbonyl (C=O) groups excluding carboxylic acids is 1. The molecule has 0 spiro atoms. The van der Waals surface area contributed by atoms with E-state index in [1.165, 1.54) is 4.90 Å². The van der Waals surface area contributed by atoms with Crippen molar-refractivity contribution in [3.63, 3.8) is 0 Å². The average Bonchev–Trinajstić information content (AvgIpc) is 2.52. The van der Waals surface area contributed by atoms with E-state index in [1.807, 2.05) is 30.3 Å². The summed E-state index contributed by atoms with van der Waals surface area (Å²) in [5.74, 6) is -0.203. The summed E-state index contributed by atoms with van der Waals surface area (Å²) in [6, 6.07) is 8.58. The van der Waals surface area contributed by atoms with Gasteiger partial charge < -0.3 is 9.84 Å². The third-order valence-corrected chi connectivity index (χ3v) is 4.31. The zero-order valence-electron chi connectivity index (χ0n) is 13.1. The SMILES string of the molecule is CC(C)[C@H]1CCN(C(=O)OCc2ccccc2)[C@H](C(=O)O)C1. The van der Waals surface area contributed by atoms with Crippen LogP contribution in [0.4, 0.5) is 4.79 Å². The number of rotatable bonds is 4. The molecule has 22 heavy (non-hydrogen) atoms. The van der Waals surface area contributed by atoms with Gasteiger partial charge in [0.2, 0.25) is 0 Å². The summed E-state index contributed by atoms with van der Waals surface area (Å²) in [7, 11) is 0. The second kappa shape index (κ2) is 7.29. The lowest BCUT2D eigenvalue weighted by Gasteiger charge is -2.37. The molecule has 1 amide bonds. The van der Waals surface area contributed by atoms with E-state index >= 15 is 0 Å². The molecule has 0 aliphatic carbocycles. The highest BCUT2D eigenvalue weighted by Crippen LogP contribution is 2.29. The second-order valence-corrected chi connectivity index (χ2v) is 6.12. The normalized spacial score (nSPS) is 21.7. The predicted molar refractivity (Wildman–Crippen MR) is 82.3 cm³/mol. The minimum Gasteiger partial charge on any atom is -0.480 e. The standard InChI is InChI=1S/C17H23NO4/c1-12(2)14-8-9-18(15(10-14)16(19)20)17(21)22-11-13-6-4-3-5-7-13/h3-7,12,14-15H,8-11H2,1-2H3,(H,19,20)/t14-,15-/m0/s1. The number of ether oxygens (including phenoxy) is 1. The molecule has 1 heterocycles. The van der Waals surface area contributed by atoms with Crippen LogP contribution < -0.4 is 0 Å². The Hall–Kier alpha value is -2.04. The van der Waals surface area contributed by atoms with Crippen LogP contribution in [0, 0.1) is 11.8 Å². The lowest BCUT2D eigenvalue weighted by Crippen LogP contribution is -2.50. The first kappa shape index (κ1) is 16.3. The molecule has 0 saturated carbocycles. The molecule has 0 radical (unpaired) electrons. The molecule has 120 valence electrons. The third kappa shape index (κ3) is 4.00. The van der Waals surface area contributed by atoms with Crippen molar-refractivity contribution in [1.29, 1.82) is 0 Å². The zero-order chi connectivity index (χ0) is 16.1. The maximum atomic E-state index is 12.2. The number of carboxylic acid groups (broad SMARTS) is 1. The van der Waals surface area contributed by atoms with Crippen molar-refractivity contribution >= 4 is 12.1 Å². The van der Waals surface area contributed by atoms with Gasteiger partial charge in [0.15, 0.2) is 0 Å². The van der Waals surface area contributed by atoms with Gasteiger partial charge in [0.1, 0.15) is 12.6 Å². The van der Waals surface area contributed by atoms with Crippen LogP contribution in [0.15, 0.2) is 30.3 Å². The van der Waals surface area contributed by atoms with Crippen LogP contribution in [-0.2, 0) is 16.1 Å². The molecule has 2 atom stereocenters. The molecule has 0 unspecified atom stereocenters. The zero-order valence-corrected chi connectivity index (χ0v) is 13.1. The van der Waals surface area contributed by atoms with E-state index in [4.69, 9.17) is 4.74 Å². The Bertz CT molecular complexity index is 515. The lowest BCUT2D eigenvalue weighted by molar-refractivity contribution is -0.145. The average molecular weight is 305 g/mol. The topological polar surface area (TPSA) is 66.8 Å². The molecule has 1 aliphatic rings. The van der Waals surface area contributed by atoms with Crippen molar-refractivity contribution in [2.24, 2.45) is 11.8 Å². The first-order valence-electron chi connectivity index (χ1n) is 7.69. The van der Waals surface area contributed by atoms with Crippen molar-refractivity contribution in [2.75, 3.05) is 6.54 Å². The fourth-order valence-corrected chi connectivity index (χ4v) is 2.85. The Kier molecular flexibility index (Phi) is 5.41. The summed E-state index contributed by atoms with van der Waals surface area (Å²) in [6.07, 6.45) is 0.772. The molecular formula is C17H23NO4. The number of benzene rings is 1. The monoisotopic (exact) mass is 305 g/mol. The molecule has 1 aliphatic heterocycles. The van der Waals surface area contributed by atoms with Gasteiger partial charge in [0, 0.05) is 6.54 Å². The number of hydrogen-bond acceptors (Lipinski definition) is 3. The first-order chi connectivity index (χ1) is 10.5. The van der Waals surface area contributed by atoms with E-state index in [-0.39, 0.29) is 6.61 Å². The van der Waals surface area contributed by atoms with E-state index in [2.05, 4.69) is 13.8 Å². The van der Waals surface area contributed by atoms with Gasteiger partial charge in [-0.15, -0.1) is 0 Å². The van der Waals surface area contributed by atoms with Gasteiger partial charge in [0.05, 0.1) is 0 Å². The second-order valence-electron chi connectivity index (χ2n) is 6.12. The molecule has 1 N–H and O–H groups in total. The van der Waals surface area contributed by atoms with Crippen LogP contribution in [0.3, 0.4) is 0 Å². The summed E-state index contributed by atoms with van der Waals surface area (Å²) in [5.41, 5.74) is 0.889. The Morgan fingerprint density at radius 3 is 2.59 bits per heavy atom. The van der Waals surface area contributed by atoms with Crippen molar-refractivity contribution in [2.45, 2.75) is 39.3 Å². The molecule has 2 rings (SSSR count). The van der Waals surface area contributed by atoms with Crippen LogP contribution in [-0.4, -0.2) is 34.7 Å². The maximum absolute atomic E-state index is 12.2. The first-order valence-corrected chi connectivity index (χ1v) is 7.69. The van der Waals surface area contributed by atoms with Gasteiger partial charge >= 0.3 is 12.1 Å². The van der Waals surface area contributed by atoms with Crippen LogP contribution in [0.5, 0.6) is 0 Å². The van der Waals surface area contributed by atoms with E-state index in [9.17, 15) is 14.7 Å². The van der Waals surface area contributed by atoms with Gasteiger partial charge in [0.25, 0.3) is 0 Å². The molecule has 0 aromatic heterocycles. The fourth-order valence-electron chi connectivity index (χ4n) is 2.85. The summed E-state index contributed by atoms with van der Waals surface area (Å²) < 4.78 is 5.27. The predicted octanol–water partition coefficient (Wildman–Crippen LogP) is 3.14.